The van der Waals surface area contributed by atoms with Gasteiger partial charge >= 0.3 is 0 Å². The Hall–Kier alpha value is -1.87. The molecule has 102 valence electrons. The highest BCUT2D eigenvalue weighted by Crippen LogP contribution is 2.34. The SMILES string of the molecule is N#CC(c1ccccc1)c1c(F)c(F)c(Br)c(F)c1F. The smallest absolute Gasteiger partial charge is 0.176 e. The maximum atomic E-state index is 13.9. The number of halogens is 5. The van der Waals surface area contributed by atoms with Crippen molar-refractivity contribution in [1.29, 1.82) is 5.26 Å². The Balaban J connectivity index is 2.72. The van der Waals surface area contributed by atoms with Crippen LogP contribution in [-0.4, -0.2) is 0 Å². The second-order valence-corrected chi connectivity index (χ2v) is 4.75. The molecule has 0 bridgehead atoms. The summed E-state index contributed by atoms with van der Waals surface area (Å²) in [6, 6.07) is 9.32. The quantitative estimate of drug-likeness (QED) is 0.442. The van der Waals surface area contributed by atoms with E-state index in [-0.39, 0.29) is 5.56 Å². The molecule has 0 aliphatic heterocycles. The van der Waals surface area contributed by atoms with E-state index in [1.165, 1.54) is 12.1 Å². The highest BCUT2D eigenvalue weighted by Gasteiger charge is 2.30. The molecule has 0 heterocycles. The Morgan fingerprint density at radius 1 is 0.900 bits per heavy atom. The molecule has 0 spiro atoms. The van der Waals surface area contributed by atoms with Gasteiger partial charge in [0, 0.05) is 0 Å². The van der Waals surface area contributed by atoms with Crippen molar-refractivity contribution in [3.63, 3.8) is 0 Å². The van der Waals surface area contributed by atoms with Crippen LogP contribution in [0.4, 0.5) is 17.6 Å². The lowest BCUT2D eigenvalue weighted by Crippen LogP contribution is -2.10. The van der Waals surface area contributed by atoms with Crippen molar-refractivity contribution in [2.75, 3.05) is 0 Å². The largest absolute Gasteiger partial charge is 0.203 e. The molecule has 6 heteroatoms. The lowest BCUT2D eigenvalue weighted by atomic mass is 9.91. The van der Waals surface area contributed by atoms with Crippen LogP contribution in [0.1, 0.15) is 17.0 Å². The van der Waals surface area contributed by atoms with Gasteiger partial charge in [-0.1, -0.05) is 30.3 Å². The summed E-state index contributed by atoms with van der Waals surface area (Å²) in [4.78, 5) is 0. The van der Waals surface area contributed by atoms with E-state index in [9.17, 15) is 17.6 Å². The Morgan fingerprint density at radius 2 is 1.40 bits per heavy atom. The Kier molecular flexibility index (Phi) is 4.09. The molecule has 2 aromatic rings. The molecule has 0 radical (unpaired) electrons. The van der Waals surface area contributed by atoms with Crippen molar-refractivity contribution in [2.45, 2.75) is 5.92 Å². The molecule has 2 rings (SSSR count). The fraction of sp³-hybridized carbons (Fsp3) is 0.0714. The Bertz CT molecular complexity index is 666. The highest BCUT2D eigenvalue weighted by atomic mass is 79.9. The molecule has 0 aliphatic carbocycles. The minimum Gasteiger partial charge on any atom is -0.203 e. The first-order valence-electron chi connectivity index (χ1n) is 5.45. The van der Waals surface area contributed by atoms with Crippen molar-refractivity contribution in [3.05, 3.63) is 69.2 Å². The maximum Gasteiger partial charge on any atom is 0.176 e. The molecule has 20 heavy (non-hydrogen) atoms. The third-order valence-electron chi connectivity index (χ3n) is 2.79. The highest BCUT2D eigenvalue weighted by molar-refractivity contribution is 9.10. The van der Waals surface area contributed by atoms with Crippen molar-refractivity contribution in [3.8, 4) is 6.07 Å². The lowest BCUT2D eigenvalue weighted by Gasteiger charge is -2.14. The summed E-state index contributed by atoms with van der Waals surface area (Å²) in [5.41, 5.74) is -0.689. The average Bonchev–Trinajstić information content (AvgIpc) is 2.48. The third kappa shape index (κ3) is 2.29. The fourth-order valence-corrected chi connectivity index (χ4v) is 2.17. The van der Waals surface area contributed by atoms with Gasteiger partial charge in [0.2, 0.25) is 0 Å². The van der Waals surface area contributed by atoms with Crippen molar-refractivity contribution in [2.24, 2.45) is 0 Å². The van der Waals surface area contributed by atoms with Crippen LogP contribution in [0.15, 0.2) is 34.8 Å². The fourth-order valence-electron chi connectivity index (χ4n) is 1.83. The monoisotopic (exact) mass is 343 g/mol. The summed E-state index contributed by atoms with van der Waals surface area (Å²) in [6.07, 6.45) is 0. The number of rotatable bonds is 2. The van der Waals surface area contributed by atoms with Crippen LogP contribution in [0.2, 0.25) is 0 Å². The molecule has 0 N–H and O–H groups in total. The molecule has 0 saturated carbocycles. The zero-order valence-electron chi connectivity index (χ0n) is 9.80. The number of hydrogen-bond donors (Lipinski definition) is 0. The average molecular weight is 344 g/mol. The van der Waals surface area contributed by atoms with E-state index in [2.05, 4.69) is 15.9 Å². The normalized spacial score (nSPS) is 12.0. The van der Waals surface area contributed by atoms with Crippen LogP contribution in [0.25, 0.3) is 0 Å². The second-order valence-electron chi connectivity index (χ2n) is 3.96. The minimum absolute atomic E-state index is 0.244. The van der Waals surface area contributed by atoms with E-state index < -0.39 is 39.2 Å². The van der Waals surface area contributed by atoms with Gasteiger partial charge in [0.05, 0.1) is 16.1 Å². The van der Waals surface area contributed by atoms with E-state index in [0.717, 1.165) is 0 Å². The van der Waals surface area contributed by atoms with Gasteiger partial charge in [-0.3, -0.25) is 0 Å². The minimum atomic E-state index is -1.58. The van der Waals surface area contributed by atoms with Gasteiger partial charge in [-0.15, -0.1) is 0 Å². The summed E-state index contributed by atoms with van der Waals surface area (Å²) >= 11 is 2.43. The molecule has 1 unspecified atom stereocenters. The predicted molar refractivity (Wildman–Crippen MR) is 67.9 cm³/mol. The van der Waals surface area contributed by atoms with Crippen molar-refractivity contribution < 1.29 is 17.6 Å². The first-order chi connectivity index (χ1) is 9.49. The second kappa shape index (κ2) is 5.63. The predicted octanol–water partition coefficient (Wildman–Crippen LogP) is 4.66. The third-order valence-corrected chi connectivity index (χ3v) is 3.49. The molecule has 0 fully saturated rings. The maximum absolute atomic E-state index is 13.9. The number of nitriles is 1. The summed E-state index contributed by atoms with van der Waals surface area (Å²) in [5, 5.41) is 9.09. The number of benzene rings is 2. The Morgan fingerprint density at radius 3 is 1.85 bits per heavy atom. The van der Waals surface area contributed by atoms with Crippen molar-refractivity contribution in [1.82, 2.24) is 0 Å². The van der Waals surface area contributed by atoms with E-state index in [1.807, 2.05) is 0 Å². The molecule has 0 aromatic heterocycles. The number of hydrogen-bond acceptors (Lipinski definition) is 1. The van der Waals surface area contributed by atoms with Gasteiger partial charge < -0.3 is 0 Å². The van der Waals surface area contributed by atoms with Crippen LogP contribution in [-0.2, 0) is 0 Å². The summed E-state index contributed by atoms with van der Waals surface area (Å²) in [5.74, 6) is -7.71. The molecule has 0 aliphatic rings. The van der Waals surface area contributed by atoms with Crippen LogP contribution in [0.5, 0.6) is 0 Å². The lowest BCUT2D eigenvalue weighted by molar-refractivity contribution is 0.431. The van der Waals surface area contributed by atoms with E-state index in [4.69, 9.17) is 5.26 Å². The molecule has 0 amide bonds. The van der Waals surface area contributed by atoms with Crippen LogP contribution in [0.3, 0.4) is 0 Å². The van der Waals surface area contributed by atoms with Gasteiger partial charge in [-0.25, -0.2) is 17.6 Å². The summed E-state index contributed by atoms with van der Waals surface area (Å²) in [6.45, 7) is 0. The molecule has 2 aromatic carbocycles. The van der Waals surface area contributed by atoms with Gasteiger partial charge in [0.1, 0.15) is 5.92 Å². The molecule has 1 atom stereocenters. The van der Waals surface area contributed by atoms with Crippen LogP contribution >= 0.6 is 15.9 Å². The van der Waals surface area contributed by atoms with Gasteiger partial charge in [0.15, 0.2) is 23.3 Å². The molecular weight excluding hydrogens is 338 g/mol. The first-order valence-corrected chi connectivity index (χ1v) is 6.24. The number of nitrogens with zero attached hydrogens (tertiary/aromatic N) is 1. The molecular formula is C14H6BrF4N. The summed E-state index contributed by atoms with van der Waals surface area (Å²) < 4.78 is 53.8. The summed E-state index contributed by atoms with van der Waals surface area (Å²) in [7, 11) is 0. The standard InChI is InChI=1S/C14H6BrF4N/c15-10-13(18)11(16)9(12(17)14(10)19)8(6-20)7-4-2-1-3-5-7/h1-5,8H. The van der Waals surface area contributed by atoms with Gasteiger partial charge in [-0.05, 0) is 21.5 Å². The van der Waals surface area contributed by atoms with E-state index >= 15 is 0 Å². The van der Waals surface area contributed by atoms with Crippen LogP contribution < -0.4 is 0 Å². The topological polar surface area (TPSA) is 23.8 Å². The van der Waals surface area contributed by atoms with Crippen LogP contribution in [0, 0.1) is 34.6 Å². The molecule has 1 nitrogen and oxygen atoms in total. The van der Waals surface area contributed by atoms with Gasteiger partial charge in [0.25, 0.3) is 0 Å². The zero-order chi connectivity index (χ0) is 14.9. The van der Waals surface area contributed by atoms with Gasteiger partial charge in [-0.2, -0.15) is 5.26 Å². The van der Waals surface area contributed by atoms with Crippen molar-refractivity contribution >= 4 is 15.9 Å². The van der Waals surface area contributed by atoms with E-state index in [0.29, 0.717) is 0 Å². The zero-order valence-corrected chi connectivity index (χ0v) is 11.4. The van der Waals surface area contributed by atoms with E-state index in [1.54, 1.807) is 24.3 Å². The molecule has 0 saturated heterocycles. The first kappa shape index (κ1) is 14.5. The Labute approximate surface area is 120 Å².